The van der Waals surface area contributed by atoms with Crippen molar-refractivity contribution < 1.29 is 15.0 Å². The fraction of sp³-hybridized carbons (Fsp3) is 0.533. The molecule has 2 unspecified atom stereocenters. The third-order valence-electron chi connectivity index (χ3n) is 3.70. The summed E-state index contributed by atoms with van der Waals surface area (Å²) in [7, 11) is 3.91. The second-order valence-electron chi connectivity index (χ2n) is 5.83. The van der Waals surface area contributed by atoms with Gasteiger partial charge >= 0.3 is 5.97 Å². The molecule has 0 spiro atoms. The van der Waals surface area contributed by atoms with E-state index in [1.165, 1.54) is 0 Å². The first-order valence-electron chi connectivity index (χ1n) is 6.81. The van der Waals surface area contributed by atoms with Crippen molar-refractivity contribution in [1.82, 2.24) is 10.2 Å². The maximum atomic E-state index is 11.0. The number of carbonyl (C=O) groups is 1. The van der Waals surface area contributed by atoms with E-state index in [9.17, 15) is 9.90 Å². The van der Waals surface area contributed by atoms with Crippen LogP contribution in [0.15, 0.2) is 12.1 Å². The zero-order chi connectivity index (χ0) is 14.9. The Labute approximate surface area is 119 Å². The average Bonchev–Trinajstić information content (AvgIpc) is 2.82. The number of phenols is 1. The predicted molar refractivity (Wildman–Crippen MR) is 76.7 cm³/mol. The van der Waals surface area contributed by atoms with E-state index in [-0.39, 0.29) is 17.7 Å². The average molecular weight is 278 g/mol. The molecule has 2 atom stereocenters. The zero-order valence-corrected chi connectivity index (χ0v) is 12.2. The fourth-order valence-electron chi connectivity index (χ4n) is 2.77. The minimum absolute atomic E-state index is 0.0862. The Hall–Kier alpha value is -1.59. The van der Waals surface area contributed by atoms with Crippen molar-refractivity contribution >= 4 is 5.97 Å². The molecule has 1 saturated heterocycles. The number of nitrogens with zero attached hydrogens (tertiary/aromatic N) is 1. The summed E-state index contributed by atoms with van der Waals surface area (Å²) in [6, 6.07) is 3.83. The van der Waals surface area contributed by atoms with Crippen LogP contribution in [-0.4, -0.2) is 41.7 Å². The molecule has 1 aliphatic heterocycles. The minimum atomic E-state index is -0.777. The Morgan fingerprint density at radius 2 is 2.15 bits per heavy atom. The standard InChI is InChI=1S/C15H22N2O3/c1-9-4-11(8-17(2)3)14(18)12(5-9)13-6-10(7-16-13)15(19)20/h4-5,10,13,16,18H,6-8H2,1-3H3,(H,19,20). The van der Waals surface area contributed by atoms with E-state index in [0.717, 1.165) is 16.7 Å². The minimum Gasteiger partial charge on any atom is -0.507 e. The third kappa shape index (κ3) is 3.11. The molecule has 1 aromatic carbocycles. The van der Waals surface area contributed by atoms with Gasteiger partial charge in [0.15, 0.2) is 0 Å². The Kier molecular flexibility index (Phi) is 4.30. The summed E-state index contributed by atoms with van der Waals surface area (Å²) in [5.74, 6) is -0.870. The summed E-state index contributed by atoms with van der Waals surface area (Å²) >= 11 is 0. The molecule has 0 bridgehead atoms. The first kappa shape index (κ1) is 14.8. The quantitative estimate of drug-likeness (QED) is 0.778. The molecule has 0 aromatic heterocycles. The summed E-state index contributed by atoms with van der Waals surface area (Å²) in [6.45, 7) is 3.11. The van der Waals surface area contributed by atoms with Crippen molar-refractivity contribution in [3.63, 3.8) is 0 Å². The maximum absolute atomic E-state index is 11.0. The summed E-state index contributed by atoms with van der Waals surface area (Å²) in [5.41, 5.74) is 2.77. The number of aliphatic carboxylic acids is 1. The first-order valence-corrected chi connectivity index (χ1v) is 6.81. The van der Waals surface area contributed by atoms with Gasteiger partial charge in [-0.2, -0.15) is 0 Å². The molecule has 0 aliphatic carbocycles. The molecule has 1 heterocycles. The first-order chi connectivity index (χ1) is 9.38. The molecular weight excluding hydrogens is 256 g/mol. The predicted octanol–water partition coefficient (Wildman–Crippen LogP) is 1.50. The molecule has 0 saturated carbocycles. The van der Waals surface area contributed by atoms with Gasteiger partial charge in [-0.1, -0.05) is 17.7 Å². The third-order valence-corrected chi connectivity index (χ3v) is 3.70. The molecule has 0 radical (unpaired) electrons. The number of carboxylic acid groups (broad SMARTS) is 1. The topological polar surface area (TPSA) is 72.8 Å². The highest BCUT2D eigenvalue weighted by molar-refractivity contribution is 5.71. The Morgan fingerprint density at radius 3 is 2.70 bits per heavy atom. The summed E-state index contributed by atoms with van der Waals surface area (Å²) < 4.78 is 0. The van der Waals surface area contributed by atoms with Crippen LogP contribution in [0.4, 0.5) is 0 Å². The number of benzene rings is 1. The highest BCUT2D eigenvalue weighted by Crippen LogP contribution is 2.36. The van der Waals surface area contributed by atoms with Crippen LogP contribution in [-0.2, 0) is 11.3 Å². The normalized spacial score (nSPS) is 22.4. The van der Waals surface area contributed by atoms with Crippen LogP contribution >= 0.6 is 0 Å². The van der Waals surface area contributed by atoms with Gasteiger partial charge in [0, 0.05) is 30.3 Å². The van der Waals surface area contributed by atoms with Gasteiger partial charge in [0.25, 0.3) is 0 Å². The molecule has 5 heteroatoms. The number of carboxylic acids is 1. The van der Waals surface area contributed by atoms with E-state index in [1.54, 1.807) is 0 Å². The van der Waals surface area contributed by atoms with Crippen molar-refractivity contribution in [3.8, 4) is 5.75 Å². The second kappa shape index (κ2) is 5.81. The number of hydrogen-bond donors (Lipinski definition) is 3. The van der Waals surface area contributed by atoms with Gasteiger partial charge in [-0.05, 0) is 27.4 Å². The Bertz CT molecular complexity index is 514. The van der Waals surface area contributed by atoms with Gasteiger partial charge in [0.1, 0.15) is 5.75 Å². The second-order valence-corrected chi connectivity index (χ2v) is 5.83. The van der Waals surface area contributed by atoms with Crippen molar-refractivity contribution in [2.75, 3.05) is 20.6 Å². The zero-order valence-electron chi connectivity index (χ0n) is 12.2. The van der Waals surface area contributed by atoms with Crippen LogP contribution in [0.1, 0.15) is 29.2 Å². The van der Waals surface area contributed by atoms with Gasteiger partial charge in [-0.15, -0.1) is 0 Å². The highest BCUT2D eigenvalue weighted by Gasteiger charge is 2.32. The monoisotopic (exact) mass is 278 g/mol. The SMILES string of the molecule is Cc1cc(CN(C)C)c(O)c(C2CC(C(=O)O)CN2)c1. The lowest BCUT2D eigenvalue weighted by Gasteiger charge is -2.18. The molecule has 0 amide bonds. The molecular formula is C15H22N2O3. The van der Waals surface area contributed by atoms with Gasteiger partial charge in [-0.3, -0.25) is 4.79 Å². The lowest BCUT2D eigenvalue weighted by Crippen LogP contribution is -2.17. The van der Waals surface area contributed by atoms with Crippen LogP contribution in [0.5, 0.6) is 5.75 Å². The number of aromatic hydroxyl groups is 1. The van der Waals surface area contributed by atoms with Crippen LogP contribution in [0, 0.1) is 12.8 Å². The van der Waals surface area contributed by atoms with Crippen molar-refractivity contribution in [2.24, 2.45) is 5.92 Å². The molecule has 3 N–H and O–H groups in total. The van der Waals surface area contributed by atoms with Gasteiger partial charge in [0.05, 0.1) is 5.92 Å². The summed E-state index contributed by atoms with van der Waals surface area (Å²) in [6.07, 6.45) is 0.522. The number of hydrogen-bond acceptors (Lipinski definition) is 4. The maximum Gasteiger partial charge on any atom is 0.307 e. The van der Waals surface area contributed by atoms with Crippen molar-refractivity contribution in [1.29, 1.82) is 0 Å². The van der Waals surface area contributed by atoms with Gasteiger partial charge < -0.3 is 20.4 Å². The van der Waals surface area contributed by atoms with E-state index in [4.69, 9.17) is 5.11 Å². The molecule has 5 nitrogen and oxygen atoms in total. The largest absolute Gasteiger partial charge is 0.507 e. The van der Waals surface area contributed by atoms with E-state index in [2.05, 4.69) is 5.32 Å². The van der Waals surface area contributed by atoms with Crippen LogP contribution in [0.3, 0.4) is 0 Å². The van der Waals surface area contributed by atoms with Crippen LogP contribution < -0.4 is 5.32 Å². The summed E-state index contributed by atoms with van der Waals surface area (Å²) in [5, 5.41) is 22.7. The van der Waals surface area contributed by atoms with Crippen LogP contribution in [0.2, 0.25) is 0 Å². The number of nitrogens with one attached hydrogen (secondary N) is 1. The molecule has 1 aliphatic rings. The molecule has 110 valence electrons. The Morgan fingerprint density at radius 1 is 1.45 bits per heavy atom. The molecule has 1 aromatic rings. The smallest absolute Gasteiger partial charge is 0.307 e. The number of rotatable bonds is 4. The number of aryl methyl sites for hydroxylation is 1. The van der Waals surface area contributed by atoms with E-state index >= 15 is 0 Å². The van der Waals surface area contributed by atoms with E-state index < -0.39 is 5.97 Å². The van der Waals surface area contributed by atoms with Crippen molar-refractivity contribution in [2.45, 2.75) is 25.9 Å². The van der Waals surface area contributed by atoms with E-state index in [1.807, 2.05) is 38.1 Å². The van der Waals surface area contributed by atoms with Gasteiger partial charge in [-0.25, -0.2) is 0 Å². The highest BCUT2D eigenvalue weighted by atomic mass is 16.4. The molecule has 20 heavy (non-hydrogen) atoms. The van der Waals surface area contributed by atoms with Crippen LogP contribution in [0.25, 0.3) is 0 Å². The molecule has 1 fully saturated rings. The fourth-order valence-corrected chi connectivity index (χ4v) is 2.77. The van der Waals surface area contributed by atoms with Gasteiger partial charge in [0.2, 0.25) is 0 Å². The molecule has 2 rings (SSSR count). The Balaban J connectivity index is 2.28. The number of phenolic OH excluding ortho intramolecular Hbond substituents is 1. The van der Waals surface area contributed by atoms with Crippen molar-refractivity contribution in [3.05, 3.63) is 28.8 Å². The van der Waals surface area contributed by atoms with E-state index in [0.29, 0.717) is 19.5 Å². The summed E-state index contributed by atoms with van der Waals surface area (Å²) in [4.78, 5) is 13.0. The lowest BCUT2D eigenvalue weighted by atomic mass is 9.95. The lowest BCUT2D eigenvalue weighted by molar-refractivity contribution is -0.141.